The Kier molecular flexibility index (Phi) is 19.3. The van der Waals surface area contributed by atoms with E-state index in [1.807, 2.05) is 97.1 Å². The molecule has 0 spiro atoms. The quantitative estimate of drug-likeness (QED) is 0.0629. The van der Waals surface area contributed by atoms with Crippen LogP contribution < -0.4 is 21.7 Å². The number of carbonyl (C=O) groups is 5. The molecular weight excluding hydrogens is 889 g/mol. The molecule has 1 heterocycles. The number of carbonyl (C=O) groups excluding carboxylic acids is 5. The Labute approximate surface area is 412 Å². The summed E-state index contributed by atoms with van der Waals surface area (Å²) in [5.74, 6) is -2.57. The van der Waals surface area contributed by atoms with Crippen molar-refractivity contribution in [2.45, 2.75) is 87.9 Å². The fraction of sp³-hybridized carbons (Fsp3) is 0.473. The van der Waals surface area contributed by atoms with Crippen molar-refractivity contribution in [3.8, 4) is 11.1 Å². The number of likely N-dealkylation sites (N-methyl/N-ethyl adjacent to an activating group) is 1. The third-order valence-corrected chi connectivity index (χ3v) is 13.9. The maximum Gasteiger partial charge on any atom is 0.410 e. The van der Waals surface area contributed by atoms with Gasteiger partial charge in [-0.15, -0.1) is 0 Å². The molecule has 3 aliphatic rings. The molecule has 0 radical (unpaired) electrons. The molecule has 2 fully saturated rings. The molecule has 5 N–H and O–H groups in total. The highest BCUT2D eigenvalue weighted by molar-refractivity contribution is 5.96. The molecule has 0 unspecified atom stereocenters. The van der Waals surface area contributed by atoms with E-state index in [1.165, 1.54) is 11.9 Å². The Morgan fingerprint density at radius 1 is 0.671 bits per heavy atom. The summed E-state index contributed by atoms with van der Waals surface area (Å²) in [5, 5.41) is 9.14. The molecule has 15 nitrogen and oxygen atoms in total. The van der Waals surface area contributed by atoms with E-state index in [2.05, 4.69) is 28.1 Å². The Balaban J connectivity index is 1.02. The predicted molar refractivity (Wildman–Crippen MR) is 267 cm³/mol. The van der Waals surface area contributed by atoms with Gasteiger partial charge in [-0.2, -0.15) is 0 Å². The van der Waals surface area contributed by atoms with E-state index in [1.54, 1.807) is 11.8 Å². The second kappa shape index (κ2) is 26.2. The van der Waals surface area contributed by atoms with Gasteiger partial charge in [0.1, 0.15) is 30.8 Å². The van der Waals surface area contributed by atoms with Crippen LogP contribution in [0.4, 0.5) is 4.79 Å². The van der Waals surface area contributed by atoms with Crippen molar-refractivity contribution >= 4 is 29.7 Å². The number of ether oxygens (including phenoxy) is 4. The van der Waals surface area contributed by atoms with Crippen molar-refractivity contribution in [3.63, 3.8) is 0 Å². The zero-order chi connectivity index (χ0) is 49.2. The molecule has 1 saturated carbocycles. The van der Waals surface area contributed by atoms with Gasteiger partial charge in [-0.3, -0.25) is 24.1 Å². The van der Waals surface area contributed by atoms with Crippen LogP contribution >= 0.6 is 0 Å². The van der Waals surface area contributed by atoms with Gasteiger partial charge in [0.2, 0.25) is 23.6 Å². The molecule has 4 aromatic rings. The van der Waals surface area contributed by atoms with Crippen LogP contribution in [-0.2, 0) is 38.1 Å². The SMILES string of the molecule is C[C@@H](C(=O)N[C@H](C(=O)N1CCC[C@H]1C(=O)N[C@H](C(=O)NCCOCCOCCOCCN)C(c1ccccc1)c1ccccc1)C1CCCCC1)N(C)C(=O)OCC1c2ccccc2-c2ccccc21. The largest absolute Gasteiger partial charge is 0.448 e. The Bertz CT molecular complexity index is 2240. The molecule has 1 saturated heterocycles. The molecule has 374 valence electrons. The van der Waals surface area contributed by atoms with Gasteiger partial charge in [0.05, 0.1) is 39.6 Å². The average molecular weight is 959 g/mol. The third kappa shape index (κ3) is 13.2. The van der Waals surface area contributed by atoms with Gasteiger partial charge in [-0.05, 0) is 71.9 Å². The lowest BCUT2D eigenvalue weighted by atomic mass is 9.83. The Morgan fingerprint density at radius 3 is 1.83 bits per heavy atom. The monoisotopic (exact) mass is 959 g/mol. The van der Waals surface area contributed by atoms with Gasteiger partial charge in [0, 0.05) is 38.5 Å². The summed E-state index contributed by atoms with van der Waals surface area (Å²) in [4.78, 5) is 74.6. The first-order valence-electron chi connectivity index (χ1n) is 25.0. The Morgan fingerprint density at radius 2 is 1.23 bits per heavy atom. The van der Waals surface area contributed by atoms with Crippen LogP contribution in [0.15, 0.2) is 109 Å². The highest BCUT2D eigenvalue weighted by atomic mass is 16.6. The van der Waals surface area contributed by atoms with Crippen LogP contribution in [0.25, 0.3) is 11.1 Å². The highest BCUT2D eigenvalue weighted by Crippen LogP contribution is 2.44. The first-order valence-corrected chi connectivity index (χ1v) is 25.0. The molecule has 0 bridgehead atoms. The lowest BCUT2D eigenvalue weighted by Gasteiger charge is -2.36. The molecule has 0 aromatic heterocycles. The summed E-state index contributed by atoms with van der Waals surface area (Å²) in [5.41, 5.74) is 11.5. The number of nitrogens with zero attached hydrogens (tertiary/aromatic N) is 2. The van der Waals surface area contributed by atoms with E-state index in [4.69, 9.17) is 24.7 Å². The van der Waals surface area contributed by atoms with Crippen LogP contribution in [0.2, 0.25) is 0 Å². The maximum absolute atomic E-state index is 14.9. The smallest absolute Gasteiger partial charge is 0.410 e. The molecule has 15 heteroatoms. The van der Waals surface area contributed by atoms with Crippen molar-refractivity contribution < 1.29 is 42.9 Å². The second-order valence-corrected chi connectivity index (χ2v) is 18.4. The zero-order valence-electron chi connectivity index (χ0n) is 40.6. The van der Waals surface area contributed by atoms with Crippen LogP contribution in [0, 0.1) is 5.92 Å². The first kappa shape index (κ1) is 51.7. The summed E-state index contributed by atoms with van der Waals surface area (Å²) in [6.07, 6.45) is 4.61. The van der Waals surface area contributed by atoms with Gasteiger partial charge < -0.3 is 45.5 Å². The van der Waals surface area contributed by atoms with Gasteiger partial charge in [-0.25, -0.2) is 4.79 Å². The average Bonchev–Trinajstić information content (AvgIpc) is 4.02. The van der Waals surface area contributed by atoms with E-state index < -0.39 is 53.9 Å². The fourth-order valence-corrected chi connectivity index (χ4v) is 10.1. The third-order valence-electron chi connectivity index (χ3n) is 13.9. The minimum absolute atomic E-state index is 0.102. The van der Waals surface area contributed by atoms with Crippen LogP contribution in [0.5, 0.6) is 0 Å². The van der Waals surface area contributed by atoms with Gasteiger partial charge >= 0.3 is 6.09 Å². The number of nitrogens with two attached hydrogens (primary N) is 1. The summed E-state index contributed by atoms with van der Waals surface area (Å²) >= 11 is 0. The number of amides is 5. The van der Waals surface area contributed by atoms with E-state index >= 15 is 0 Å². The normalized spacial score (nSPS) is 17.0. The topological polar surface area (TPSA) is 191 Å². The Hall–Kier alpha value is -6.13. The number of rotatable bonds is 24. The van der Waals surface area contributed by atoms with E-state index in [-0.39, 0.29) is 37.5 Å². The van der Waals surface area contributed by atoms with E-state index in [0.29, 0.717) is 59.0 Å². The minimum Gasteiger partial charge on any atom is -0.448 e. The van der Waals surface area contributed by atoms with Crippen molar-refractivity contribution in [1.82, 2.24) is 25.8 Å². The van der Waals surface area contributed by atoms with Crippen LogP contribution in [0.1, 0.15) is 86.0 Å². The standard InChI is InChI=1S/C55H70N6O9/c1-38(60(2)55(66)70-37-46-44-25-14-12-23-42(44)43-24-13-15-26-45(43)46)51(62)58-49(41-21-10-5-11-22-41)54(65)61-30-16-27-47(61)52(63)59-50(48(39-17-6-3-7-18-39)40-19-8-4-9-20-40)53(64)57-29-32-68-34-36-69-35-33-67-31-28-56/h3-4,6-9,12-15,17-20,23-26,38,41,46-50H,5,10-11,16,21-22,27-37,56H2,1-2H3,(H,57,64)(H,58,62)(H,59,63)/t38-,47-,49-,50-/m0/s1. The molecule has 70 heavy (non-hydrogen) atoms. The van der Waals surface area contributed by atoms with Crippen molar-refractivity contribution in [2.24, 2.45) is 11.7 Å². The highest BCUT2D eigenvalue weighted by Gasteiger charge is 2.43. The predicted octanol–water partition coefficient (Wildman–Crippen LogP) is 5.75. The maximum atomic E-state index is 14.9. The van der Waals surface area contributed by atoms with Crippen molar-refractivity contribution in [1.29, 1.82) is 0 Å². The number of hydrogen-bond donors (Lipinski definition) is 4. The van der Waals surface area contributed by atoms with Crippen molar-refractivity contribution in [3.05, 3.63) is 131 Å². The zero-order valence-corrected chi connectivity index (χ0v) is 40.6. The lowest BCUT2D eigenvalue weighted by Crippen LogP contribution is -2.60. The molecular formula is C55H70N6O9. The van der Waals surface area contributed by atoms with Gasteiger partial charge in [0.15, 0.2) is 0 Å². The minimum atomic E-state index is -1.06. The molecule has 1 aliphatic heterocycles. The molecule has 5 amide bonds. The number of benzene rings is 4. The number of nitrogens with one attached hydrogen (secondary N) is 3. The molecule has 7 rings (SSSR count). The number of hydrogen-bond acceptors (Lipinski definition) is 10. The van der Waals surface area contributed by atoms with E-state index in [9.17, 15) is 24.0 Å². The summed E-state index contributed by atoms with van der Waals surface area (Å²) in [6, 6.07) is 31.5. The van der Waals surface area contributed by atoms with Crippen LogP contribution in [0.3, 0.4) is 0 Å². The first-order chi connectivity index (χ1) is 34.2. The fourth-order valence-electron chi connectivity index (χ4n) is 10.1. The number of fused-ring (bicyclic) bond motifs is 3. The van der Waals surface area contributed by atoms with Crippen LogP contribution in [-0.4, -0.2) is 137 Å². The molecule has 2 aliphatic carbocycles. The molecule has 4 aromatic carbocycles. The molecule has 4 atom stereocenters. The van der Waals surface area contributed by atoms with Crippen molar-refractivity contribution in [2.75, 3.05) is 72.9 Å². The second-order valence-electron chi connectivity index (χ2n) is 18.4. The lowest BCUT2D eigenvalue weighted by molar-refractivity contribution is -0.144. The number of likely N-dealkylation sites (tertiary alicyclic amines) is 1. The summed E-state index contributed by atoms with van der Waals surface area (Å²) in [6.45, 7) is 4.92. The summed E-state index contributed by atoms with van der Waals surface area (Å²) < 4.78 is 22.5. The van der Waals surface area contributed by atoms with Gasteiger partial charge in [0.25, 0.3) is 0 Å². The van der Waals surface area contributed by atoms with E-state index in [0.717, 1.165) is 65.5 Å². The summed E-state index contributed by atoms with van der Waals surface area (Å²) in [7, 11) is 1.53. The van der Waals surface area contributed by atoms with Gasteiger partial charge in [-0.1, -0.05) is 128 Å².